The summed E-state index contributed by atoms with van der Waals surface area (Å²) in [5, 5.41) is 1.05. The van der Waals surface area contributed by atoms with E-state index in [9.17, 15) is 4.79 Å². The Bertz CT molecular complexity index is 1140. The molecule has 0 aliphatic carbocycles. The van der Waals surface area contributed by atoms with Crippen LogP contribution in [0.1, 0.15) is 21.5 Å². The second-order valence-electron chi connectivity index (χ2n) is 7.05. The first-order chi connectivity index (χ1) is 13.6. The lowest BCUT2D eigenvalue weighted by Gasteiger charge is -2.18. The van der Waals surface area contributed by atoms with Gasteiger partial charge in [0.15, 0.2) is 0 Å². The molecule has 0 fully saturated rings. The molecule has 4 rings (SSSR count). The van der Waals surface area contributed by atoms with Crippen LogP contribution in [-0.2, 0) is 6.54 Å². The molecule has 28 heavy (non-hydrogen) atoms. The van der Waals surface area contributed by atoms with Crippen molar-refractivity contribution in [3.8, 4) is 11.1 Å². The van der Waals surface area contributed by atoms with E-state index in [1.54, 1.807) is 4.90 Å². The number of nitrogens with zero attached hydrogens (tertiary/aromatic N) is 2. The van der Waals surface area contributed by atoms with Crippen LogP contribution in [0.5, 0.6) is 0 Å². The number of carbonyl (C=O) groups excluding carboxylic acids is 1. The Morgan fingerprint density at radius 3 is 2.43 bits per heavy atom. The number of aromatic nitrogens is 1. The highest BCUT2D eigenvalue weighted by Gasteiger charge is 2.14. The number of aryl methyl sites for hydroxylation is 1. The average Bonchev–Trinajstić information content (AvgIpc) is 2.73. The smallest absolute Gasteiger partial charge is 0.253 e. The fourth-order valence-electron chi connectivity index (χ4n) is 3.54. The lowest BCUT2D eigenvalue weighted by molar-refractivity contribution is 0.0785. The summed E-state index contributed by atoms with van der Waals surface area (Å²) in [7, 11) is 1.83. The number of amides is 1. The minimum absolute atomic E-state index is 0.00570. The van der Waals surface area contributed by atoms with Crippen molar-refractivity contribution in [3.05, 3.63) is 102 Å². The van der Waals surface area contributed by atoms with Crippen molar-refractivity contribution in [3.63, 3.8) is 0 Å². The zero-order chi connectivity index (χ0) is 19.5. The Hall–Kier alpha value is -3.46. The van der Waals surface area contributed by atoms with Gasteiger partial charge in [-0.2, -0.15) is 0 Å². The van der Waals surface area contributed by atoms with Gasteiger partial charge in [0.2, 0.25) is 0 Å². The number of carbonyl (C=O) groups is 1. The van der Waals surface area contributed by atoms with E-state index in [0.717, 1.165) is 22.0 Å². The second-order valence-corrected chi connectivity index (χ2v) is 7.05. The third-order valence-corrected chi connectivity index (χ3v) is 5.03. The number of rotatable bonds is 4. The highest BCUT2D eigenvalue weighted by atomic mass is 16.2. The maximum atomic E-state index is 12.9. The third kappa shape index (κ3) is 3.52. The standard InChI is InChI=1S/C25H22N2O/c1-18-8-6-7-11-21(18)22-14-15-26-24-16-20(12-13-23(22)24)25(28)27(2)17-19-9-4-3-5-10-19/h3-16H,17H2,1-2H3. The molecule has 4 aromatic rings. The Kier molecular flexibility index (Phi) is 4.90. The fraction of sp³-hybridized carbons (Fsp3) is 0.120. The number of hydrogen-bond acceptors (Lipinski definition) is 2. The molecule has 1 aromatic heterocycles. The van der Waals surface area contributed by atoms with E-state index in [1.165, 1.54) is 11.1 Å². The van der Waals surface area contributed by atoms with Crippen molar-refractivity contribution in [2.24, 2.45) is 0 Å². The van der Waals surface area contributed by atoms with Crippen LogP contribution in [-0.4, -0.2) is 22.8 Å². The predicted molar refractivity (Wildman–Crippen MR) is 114 cm³/mol. The molecule has 1 heterocycles. The maximum absolute atomic E-state index is 12.9. The molecule has 0 aliphatic rings. The first kappa shape index (κ1) is 17.9. The van der Waals surface area contributed by atoms with Gasteiger partial charge in [-0.1, -0.05) is 60.7 Å². The highest BCUT2D eigenvalue weighted by molar-refractivity contribution is 6.01. The molecular formula is C25H22N2O. The van der Waals surface area contributed by atoms with Gasteiger partial charge >= 0.3 is 0 Å². The molecule has 0 N–H and O–H groups in total. The molecule has 0 bridgehead atoms. The second kappa shape index (κ2) is 7.65. The van der Waals surface area contributed by atoms with Crippen LogP contribution in [0.2, 0.25) is 0 Å². The van der Waals surface area contributed by atoms with Gasteiger partial charge in [0, 0.05) is 30.7 Å². The van der Waals surface area contributed by atoms with Gasteiger partial charge in [-0.3, -0.25) is 9.78 Å². The van der Waals surface area contributed by atoms with Crippen LogP contribution >= 0.6 is 0 Å². The van der Waals surface area contributed by atoms with Gasteiger partial charge in [-0.05, 0) is 47.4 Å². The average molecular weight is 366 g/mol. The van der Waals surface area contributed by atoms with Crippen LogP contribution in [0.25, 0.3) is 22.0 Å². The normalized spacial score (nSPS) is 10.8. The molecule has 0 aliphatic heterocycles. The van der Waals surface area contributed by atoms with Crippen molar-refractivity contribution in [1.29, 1.82) is 0 Å². The van der Waals surface area contributed by atoms with Crippen LogP contribution in [0, 0.1) is 6.92 Å². The lowest BCUT2D eigenvalue weighted by atomic mass is 9.96. The summed E-state index contributed by atoms with van der Waals surface area (Å²) < 4.78 is 0. The Morgan fingerprint density at radius 1 is 0.893 bits per heavy atom. The number of benzene rings is 3. The summed E-state index contributed by atoms with van der Waals surface area (Å²) in [6.45, 7) is 2.69. The van der Waals surface area contributed by atoms with E-state index >= 15 is 0 Å². The van der Waals surface area contributed by atoms with Crippen LogP contribution < -0.4 is 0 Å². The molecular weight excluding hydrogens is 344 g/mol. The van der Waals surface area contributed by atoms with Gasteiger partial charge in [0.05, 0.1) is 5.52 Å². The molecule has 138 valence electrons. The SMILES string of the molecule is Cc1ccccc1-c1ccnc2cc(C(=O)N(C)Cc3ccccc3)ccc12. The number of hydrogen-bond donors (Lipinski definition) is 0. The van der Waals surface area contributed by atoms with Crippen LogP contribution in [0.3, 0.4) is 0 Å². The molecule has 0 unspecified atom stereocenters. The first-order valence-corrected chi connectivity index (χ1v) is 9.37. The predicted octanol–water partition coefficient (Wildman–Crippen LogP) is 5.48. The van der Waals surface area contributed by atoms with Crippen molar-refractivity contribution in [2.45, 2.75) is 13.5 Å². The molecule has 3 heteroatoms. The quantitative estimate of drug-likeness (QED) is 0.479. The van der Waals surface area contributed by atoms with E-state index in [2.05, 4.69) is 24.0 Å². The minimum atomic E-state index is -0.00570. The molecule has 0 saturated carbocycles. The van der Waals surface area contributed by atoms with E-state index in [1.807, 2.05) is 80.0 Å². The summed E-state index contributed by atoms with van der Waals surface area (Å²) in [6.07, 6.45) is 1.81. The molecule has 3 aromatic carbocycles. The van der Waals surface area contributed by atoms with Gasteiger partial charge in [-0.15, -0.1) is 0 Å². The number of pyridine rings is 1. The monoisotopic (exact) mass is 366 g/mol. The summed E-state index contributed by atoms with van der Waals surface area (Å²) in [4.78, 5) is 19.2. The Labute approximate surface area is 165 Å². The summed E-state index contributed by atoms with van der Waals surface area (Å²) in [5.74, 6) is -0.00570. The molecule has 1 amide bonds. The lowest BCUT2D eigenvalue weighted by Crippen LogP contribution is -2.26. The van der Waals surface area contributed by atoms with E-state index in [-0.39, 0.29) is 5.91 Å². The molecule has 3 nitrogen and oxygen atoms in total. The van der Waals surface area contributed by atoms with Gasteiger partial charge in [0.1, 0.15) is 0 Å². The van der Waals surface area contributed by atoms with Crippen molar-refractivity contribution >= 4 is 16.8 Å². The maximum Gasteiger partial charge on any atom is 0.253 e. The Morgan fingerprint density at radius 2 is 1.64 bits per heavy atom. The van der Waals surface area contributed by atoms with Gasteiger partial charge < -0.3 is 4.90 Å². The summed E-state index contributed by atoms with van der Waals surface area (Å²) >= 11 is 0. The topological polar surface area (TPSA) is 33.2 Å². The minimum Gasteiger partial charge on any atom is -0.337 e. The van der Waals surface area contributed by atoms with Gasteiger partial charge in [-0.25, -0.2) is 0 Å². The van der Waals surface area contributed by atoms with E-state index < -0.39 is 0 Å². The van der Waals surface area contributed by atoms with E-state index in [4.69, 9.17) is 0 Å². The largest absolute Gasteiger partial charge is 0.337 e. The zero-order valence-electron chi connectivity index (χ0n) is 16.1. The van der Waals surface area contributed by atoms with Gasteiger partial charge in [0.25, 0.3) is 5.91 Å². The molecule has 0 saturated heterocycles. The van der Waals surface area contributed by atoms with E-state index in [0.29, 0.717) is 12.1 Å². The van der Waals surface area contributed by atoms with Crippen molar-refractivity contribution < 1.29 is 4.79 Å². The van der Waals surface area contributed by atoms with Crippen molar-refractivity contribution in [1.82, 2.24) is 9.88 Å². The highest BCUT2D eigenvalue weighted by Crippen LogP contribution is 2.30. The summed E-state index contributed by atoms with van der Waals surface area (Å²) in [5.41, 5.74) is 6.15. The van der Waals surface area contributed by atoms with Crippen molar-refractivity contribution in [2.75, 3.05) is 7.05 Å². The Balaban J connectivity index is 1.67. The molecule has 0 radical (unpaired) electrons. The molecule has 0 spiro atoms. The third-order valence-electron chi connectivity index (χ3n) is 5.03. The van der Waals surface area contributed by atoms with Crippen LogP contribution in [0.4, 0.5) is 0 Å². The number of fused-ring (bicyclic) bond motifs is 1. The summed E-state index contributed by atoms with van der Waals surface area (Å²) in [6, 6.07) is 26.2. The molecule has 0 atom stereocenters. The van der Waals surface area contributed by atoms with Crippen LogP contribution in [0.15, 0.2) is 85.1 Å². The zero-order valence-corrected chi connectivity index (χ0v) is 16.1. The first-order valence-electron chi connectivity index (χ1n) is 9.37. The fourth-order valence-corrected chi connectivity index (χ4v) is 3.54.